The van der Waals surface area contributed by atoms with Gasteiger partial charge in [-0.3, -0.25) is 4.79 Å². The van der Waals surface area contributed by atoms with E-state index in [1.54, 1.807) is 14.0 Å². The van der Waals surface area contributed by atoms with Crippen LogP contribution in [0.25, 0.3) is 0 Å². The first kappa shape index (κ1) is 18.2. The highest BCUT2D eigenvalue weighted by Gasteiger charge is 2.26. The Morgan fingerprint density at radius 2 is 1.62 bits per heavy atom. The highest BCUT2D eigenvalue weighted by atomic mass is 16.3. The Hall–Kier alpha value is -2.17. The van der Waals surface area contributed by atoms with Crippen molar-refractivity contribution < 1.29 is 15.0 Å². The third-order valence-corrected chi connectivity index (χ3v) is 4.52. The van der Waals surface area contributed by atoms with Crippen LogP contribution in [0.2, 0.25) is 0 Å². The van der Waals surface area contributed by atoms with Crippen LogP contribution in [0.4, 0.5) is 0 Å². The standard InChI is InChI=1S/C20H25NO3/c1-14-9-7-8-12-17(14)18(22)13-19(23)21(3)15(2)20(24)16-10-5-4-6-11-16/h4-12,15,18,20,22,24H,13H2,1-3H3/t15-,18-,20+/m0/s1. The lowest BCUT2D eigenvalue weighted by Gasteiger charge is -2.30. The molecule has 4 heteroatoms. The molecule has 0 saturated carbocycles. The molecule has 0 fully saturated rings. The highest BCUT2D eigenvalue weighted by Crippen LogP contribution is 2.24. The molecular weight excluding hydrogens is 302 g/mol. The van der Waals surface area contributed by atoms with Gasteiger partial charge in [0, 0.05) is 7.05 Å². The van der Waals surface area contributed by atoms with Crippen LogP contribution in [0.15, 0.2) is 54.6 Å². The molecule has 0 bridgehead atoms. The van der Waals surface area contributed by atoms with Gasteiger partial charge >= 0.3 is 0 Å². The van der Waals surface area contributed by atoms with Gasteiger partial charge in [0.2, 0.25) is 5.91 Å². The molecule has 0 aliphatic carbocycles. The van der Waals surface area contributed by atoms with Crippen molar-refractivity contribution in [1.82, 2.24) is 4.90 Å². The number of hydrogen-bond donors (Lipinski definition) is 2. The fourth-order valence-electron chi connectivity index (χ4n) is 2.75. The third kappa shape index (κ3) is 4.22. The summed E-state index contributed by atoms with van der Waals surface area (Å²) in [6.45, 7) is 3.71. The second-order valence-corrected chi connectivity index (χ2v) is 6.18. The van der Waals surface area contributed by atoms with Crippen molar-refractivity contribution in [2.75, 3.05) is 7.05 Å². The molecule has 0 heterocycles. The van der Waals surface area contributed by atoms with E-state index in [0.717, 1.165) is 16.7 Å². The van der Waals surface area contributed by atoms with Crippen molar-refractivity contribution in [1.29, 1.82) is 0 Å². The van der Waals surface area contributed by atoms with E-state index in [2.05, 4.69) is 0 Å². The lowest BCUT2D eigenvalue weighted by atomic mass is 9.99. The molecule has 24 heavy (non-hydrogen) atoms. The van der Waals surface area contributed by atoms with E-state index >= 15 is 0 Å². The molecule has 0 aromatic heterocycles. The predicted molar refractivity (Wildman–Crippen MR) is 94.4 cm³/mol. The van der Waals surface area contributed by atoms with Crippen LogP contribution in [0.5, 0.6) is 0 Å². The van der Waals surface area contributed by atoms with Crippen molar-refractivity contribution in [3.8, 4) is 0 Å². The topological polar surface area (TPSA) is 60.8 Å². The van der Waals surface area contributed by atoms with Gasteiger partial charge in [-0.05, 0) is 30.5 Å². The minimum atomic E-state index is -0.845. The van der Waals surface area contributed by atoms with Gasteiger partial charge in [-0.1, -0.05) is 54.6 Å². The van der Waals surface area contributed by atoms with Gasteiger partial charge in [-0.25, -0.2) is 0 Å². The van der Waals surface area contributed by atoms with Crippen LogP contribution in [0, 0.1) is 6.92 Å². The van der Waals surface area contributed by atoms with Gasteiger partial charge in [0.1, 0.15) is 0 Å². The van der Waals surface area contributed by atoms with E-state index in [0.29, 0.717) is 0 Å². The van der Waals surface area contributed by atoms with Crippen molar-refractivity contribution >= 4 is 5.91 Å². The Morgan fingerprint density at radius 1 is 1.04 bits per heavy atom. The van der Waals surface area contributed by atoms with Gasteiger partial charge in [0.05, 0.1) is 24.7 Å². The number of carbonyl (C=O) groups is 1. The first-order valence-electron chi connectivity index (χ1n) is 8.14. The highest BCUT2D eigenvalue weighted by molar-refractivity contribution is 5.77. The fraction of sp³-hybridized carbons (Fsp3) is 0.350. The normalized spacial score (nSPS) is 14.7. The fourth-order valence-corrected chi connectivity index (χ4v) is 2.75. The maximum Gasteiger partial charge on any atom is 0.225 e. The van der Waals surface area contributed by atoms with Crippen LogP contribution < -0.4 is 0 Å². The average molecular weight is 327 g/mol. The number of aryl methyl sites for hydroxylation is 1. The Balaban J connectivity index is 2.02. The molecule has 2 rings (SSSR count). The molecule has 0 radical (unpaired) electrons. The molecule has 2 aromatic carbocycles. The molecule has 2 N–H and O–H groups in total. The quantitative estimate of drug-likeness (QED) is 0.857. The zero-order chi connectivity index (χ0) is 17.7. The zero-order valence-corrected chi connectivity index (χ0v) is 14.4. The number of aliphatic hydroxyl groups excluding tert-OH is 2. The largest absolute Gasteiger partial charge is 0.388 e. The van der Waals surface area contributed by atoms with Gasteiger partial charge in [0.25, 0.3) is 0 Å². The van der Waals surface area contributed by atoms with Crippen molar-refractivity contribution in [2.24, 2.45) is 0 Å². The Morgan fingerprint density at radius 3 is 2.25 bits per heavy atom. The van der Waals surface area contributed by atoms with E-state index in [1.165, 1.54) is 4.90 Å². The monoisotopic (exact) mass is 327 g/mol. The summed E-state index contributed by atoms with van der Waals surface area (Å²) in [7, 11) is 1.66. The summed E-state index contributed by atoms with van der Waals surface area (Å²) >= 11 is 0. The summed E-state index contributed by atoms with van der Waals surface area (Å²) in [5, 5.41) is 20.8. The zero-order valence-electron chi connectivity index (χ0n) is 14.4. The second kappa shape index (κ2) is 8.08. The first-order chi connectivity index (χ1) is 11.4. The Labute approximate surface area is 143 Å². The molecule has 0 aliphatic heterocycles. The molecule has 0 spiro atoms. The van der Waals surface area contributed by atoms with E-state index in [4.69, 9.17) is 0 Å². The molecule has 2 aromatic rings. The molecule has 128 valence electrons. The van der Waals surface area contributed by atoms with Crippen molar-refractivity contribution in [3.05, 3.63) is 71.3 Å². The van der Waals surface area contributed by atoms with Crippen LogP contribution in [-0.4, -0.2) is 34.1 Å². The summed E-state index contributed by atoms with van der Waals surface area (Å²) in [4.78, 5) is 14.0. The Kier molecular flexibility index (Phi) is 6.12. The summed E-state index contributed by atoms with van der Waals surface area (Å²) in [5.74, 6) is -0.201. The average Bonchev–Trinajstić information content (AvgIpc) is 2.60. The van der Waals surface area contributed by atoms with E-state index in [1.807, 2.05) is 61.5 Å². The van der Waals surface area contributed by atoms with Gasteiger partial charge < -0.3 is 15.1 Å². The molecular formula is C20H25NO3. The second-order valence-electron chi connectivity index (χ2n) is 6.18. The minimum absolute atomic E-state index is 0.00674. The number of aliphatic hydroxyl groups is 2. The number of benzene rings is 2. The molecule has 1 amide bonds. The third-order valence-electron chi connectivity index (χ3n) is 4.52. The molecule has 0 unspecified atom stereocenters. The summed E-state index contributed by atoms with van der Waals surface area (Å²) in [6, 6.07) is 16.4. The minimum Gasteiger partial charge on any atom is -0.388 e. The van der Waals surface area contributed by atoms with Gasteiger partial charge in [0.15, 0.2) is 0 Å². The molecule has 3 atom stereocenters. The lowest BCUT2D eigenvalue weighted by Crippen LogP contribution is -2.39. The summed E-state index contributed by atoms with van der Waals surface area (Å²) in [5.41, 5.74) is 2.48. The number of amides is 1. The number of hydrogen-bond acceptors (Lipinski definition) is 3. The molecule has 4 nitrogen and oxygen atoms in total. The smallest absolute Gasteiger partial charge is 0.225 e. The number of carbonyl (C=O) groups excluding carboxylic acids is 1. The van der Waals surface area contributed by atoms with Crippen molar-refractivity contribution in [2.45, 2.75) is 38.5 Å². The first-order valence-corrected chi connectivity index (χ1v) is 8.14. The number of nitrogens with zero attached hydrogens (tertiary/aromatic N) is 1. The Bertz CT molecular complexity index is 672. The lowest BCUT2D eigenvalue weighted by molar-refractivity contribution is -0.136. The van der Waals surface area contributed by atoms with Crippen LogP contribution in [0.1, 0.15) is 42.2 Å². The maximum atomic E-state index is 12.5. The molecule has 0 aliphatic rings. The van der Waals surface area contributed by atoms with Gasteiger partial charge in [-0.2, -0.15) is 0 Å². The van der Waals surface area contributed by atoms with Gasteiger partial charge in [-0.15, -0.1) is 0 Å². The predicted octanol–water partition coefficient (Wildman–Crippen LogP) is 3.00. The molecule has 0 saturated heterocycles. The van der Waals surface area contributed by atoms with E-state index in [-0.39, 0.29) is 18.4 Å². The van der Waals surface area contributed by atoms with Crippen molar-refractivity contribution in [3.63, 3.8) is 0 Å². The summed E-state index contributed by atoms with van der Waals surface area (Å²) in [6.07, 6.45) is -1.62. The summed E-state index contributed by atoms with van der Waals surface area (Å²) < 4.78 is 0. The van der Waals surface area contributed by atoms with Crippen LogP contribution >= 0.6 is 0 Å². The maximum absolute atomic E-state index is 12.5. The van der Waals surface area contributed by atoms with Crippen LogP contribution in [-0.2, 0) is 4.79 Å². The van der Waals surface area contributed by atoms with E-state index in [9.17, 15) is 15.0 Å². The number of likely N-dealkylation sites (N-methyl/N-ethyl adjacent to an activating group) is 1. The van der Waals surface area contributed by atoms with E-state index < -0.39 is 12.2 Å². The SMILES string of the molecule is Cc1ccccc1[C@@H](O)CC(=O)N(C)[C@@H](C)[C@@H](O)c1ccccc1. The van der Waals surface area contributed by atoms with Crippen LogP contribution in [0.3, 0.4) is 0 Å². The number of rotatable bonds is 6.